The standard InChI is InChI=1S/C32H29F3N6OS/c1-3-38-26(17-21-11-15-36-16-12-21)25-10-6-14-39-27(25)31-41-29(32(33,34)35)28(43-31)30(42)40-20(2)22-7-4-8-23(18-22)24-9-5-13-37-19-24/h4-16,18-20,26,38H,3,17H2,1-2H3,(H,40,42)/t20?,26-/m0/s1. The smallest absolute Gasteiger partial charge is 0.345 e. The highest BCUT2D eigenvalue weighted by Crippen LogP contribution is 2.39. The average molecular weight is 603 g/mol. The van der Waals surface area contributed by atoms with E-state index in [0.717, 1.165) is 22.3 Å². The number of thiazole rings is 1. The van der Waals surface area contributed by atoms with Gasteiger partial charge >= 0.3 is 6.18 Å². The zero-order chi connectivity index (χ0) is 30.4. The minimum Gasteiger partial charge on any atom is -0.345 e. The number of nitrogens with zero attached hydrogens (tertiary/aromatic N) is 4. The lowest BCUT2D eigenvalue weighted by atomic mass is 9.98. The van der Waals surface area contributed by atoms with E-state index >= 15 is 0 Å². The zero-order valence-electron chi connectivity index (χ0n) is 23.5. The van der Waals surface area contributed by atoms with Gasteiger partial charge in [0, 0.05) is 37.0 Å². The molecule has 4 aromatic heterocycles. The summed E-state index contributed by atoms with van der Waals surface area (Å²) in [7, 11) is 0. The van der Waals surface area contributed by atoms with Crippen LogP contribution in [0.25, 0.3) is 21.8 Å². The van der Waals surface area contributed by atoms with E-state index in [4.69, 9.17) is 0 Å². The van der Waals surface area contributed by atoms with Gasteiger partial charge in [0.15, 0.2) is 5.69 Å². The van der Waals surface area contributed by atoms with Gasteiger partial charge in [-0.1, -0.05) is 37.3 Å². The molecule has 2 atom stereocenters. The van der Waals surface area contributed by atoms with Crippen molar-refractivity contribution in [2.24, 2.45) is 0 Å². The molecule has 1 unspecified atom stereocenters. The Morgan fingerprint density at radius 2 is 1.72 bits per heavy atom. The fraction of sp³-hybridized carbons (Fsp3) is 0.219. The molecule has 0 aliphatic rings. The molecule has 1 amide bonds. The van der Waals surface area contributed by atoms with Crippen LogP contribution in [0.1, 0.15) is 58.0 Å². The Kier molecular flexibility index (Phi) is 9.22. The summed E-state index contributed by atoms with van der Waals surface area (Å²) in [6.07, 6.45) is 4.03. The summed E-state index contributed by atoms with van der Waals surface area (Å²) >= 11 is 0.689. The summed E-state index contributed by atoms with van der Waals surface area (Å²) in [5, 5.41) is 6.16. The third-order valence-corrected chi connectivity index (χ3v) is 7.95. The molecule has 0 bridgehead atoms. The van der Waals surface area contributed by atoms with Crippen LogP contribution >= 0.6 is 11.3 Å². The maximum atomic E-state index is 14.2. The van der Waals surface area contributed by atoms with E-state index in [1.807, 2.05) is 61.5 Å². The highest BCUT2D eigenvalue weighted by molar-refractivity contribution is 7.17. The Bertz CT molecular complexity index is 1680. The van der Waals surface area contributed by atoms with Crippen molar-refractivity contribution in [1.29, 1.82) is 0 Å². The number of likely N-dealkylation sites (N-methyl/N-ethyl adjacent to an activating group) is 1. The summed E-state index contributed by atoms with van der Waals surface area (Å²) in [4.78, 5) is 29.4. The van der Waals surface area contributed by atoms with Crippen molar-refractivity contribution in [2.75, 3.05) is 6.54 Å². The first kappa shape index (κ1) is 30.0. The van der Waals surface area contributed by atoms with E-state index < -0.39 is 28.7 Å². The summed E-state index contributed by atoms with van der Waals surface area (Å²) < 4.78 is 42.7. The highest BCUT2D eigenvalue weighted by atomic mass is 32.1. The van der Waals surface area contributed by atoms with Crippen LogP contribution in [-0.2, 0) is 12.6 Å². The van der Waals surface area contributed by atoms with Gasteiger partial charge in [-0.25, -0.2) is 4.98 Å². The number of hydrogen-bond donors (Lipinski definition) is 2. The molecule has 1 aromatic carbocycles. The molecule has 0 saturated heterocycles. The third-order valence-electron chi connectivity index (χ3n) is 6.89. The van der Waals surface area contributed by atoms with Crippen molar-refractivity contribution >= 4 is 17.2 Å². The summed E-state index contributed by atoms with van der Waals surface area (Å²) in [5.74, 6) is -0.854. The predicted molar refractivity (Wildman–Crippen MR) is 160 cm³/mol. The van der Waals surface area contributed by atoms with Crippen LogP contribution in [0.5, 0.6) is 0 Å². The summed E-state index contributed by atoms with van der Waals surface area (Å²) in [5.41, 5.74) is 3.28. The van der Waals surface area contributed by atoms with Crippen LogP contribution in [0.15, 0.2) is 91.6 Å². The largest absolute Gasteiger partial charge is 0.435 e. The number of amides is 1. The quantitative estimate of drug-likeness (QED) is 0.178. The zero-order valence-corrected chi connectivity index (χ0v) is 24.3. The number of benzene rings is 1. The minimum atomic E-state index is -4.84. The number of rotatable bonds is 10. The van der Waals surface area contributed by atoms with Gasteiger partial charge in [-0.15, -0.1) is 11.3 Å². The van der Waals surface area contributed by atoms with Crippen LogP contribution in [0.4, 0.5) is 13.2 Å². The van der Waals surface area contributed by atoms with Crippen LogP contribution in [0.3, 0.4) is 0 Å². The van der Waals surface area contributed by atoms with Crippen molar-refractivity contribution in [3.63, 3.8) is 0 Å². The SMILES string of the molecule is CCN[C@@H](Cc1ccncc1)c1cccnc1-c1nc(C(F)(F)F)c(C(=O)NC(C)c2cccc(-c3cccnc3)c2)s1. The van der Waals surface area contributed by atoms with E-state index in [2.05, 4.69) is 30.6 Å². The first-order valence-corrected chi connectivity index (χ1v) is 14.5. The Morgan fingerprint density at radius 1 is 0.953 bits per heavy atom. The lowest BCUT2D eigenvalue weighted by molar-refractivity contribution is -0.141. The fourth-order valence-corrected chi connectivity index (χ4v) is 5.81. The van der Waals surface area contributed by atoms with Crippen LogP contribution in [-0.4, -0.2) is 32.4 Å². The molecule has 220 valence electrons. The molecule has 0 fully saturated rings. The molecule has 0 saturated carbocycles. The lowest BCUT2D eigenvalue weighted by Gasteiger charge is -2.20. The van der Waals surface area contributed by atoms with E-state index in [0.29, 0.717) is 35.6 Å². The van der Waals surface area contributed by atoms with Gasteiger partial charge < -0.3 is 10.6 Å². The van der Waals surface area contributed by atoms with Gasteiger partial charge in [0.05, 0.1) is 6.04 Å². The maximum absolute atomic E-state index is 14.2. The Hall–Kier alpha value is -4.48. The second-order valence-corrected chi connectivity index (χ2v) is 10.9. The monoisotopic (exact) mass is 602 g/mol. The maximum Gasteiger partial charge on any atom is 0.435 e. The molecule has 43 heavy (non-hydrogen) atoms. The second kappa shape index (κ2) is 13.2. The van der Waals surface area contributed by atoms with E-state index in [-0.39, 0.29) is 11.0 Å². The molecule has 5 aromatic rings. The number of alkyl halides is 3. The van der Waals surface area contributed by atoms with Crippen molar-refractivity contribution in [3.8, 4) is 21.8 Å². The van der Waals surface area contributed by atoms with Gasteiger partial charge in [0.1, 0.15) is 15.6 Å². The van der Waals surface area contributed by atoms with Gasteiger partial charge in [-0.2, -0.15) is 13.2 Å². The molecule has 7 nitrogen and oxygen atoms in total. The number of hydrogen-bond acceptors (Lipinski definition) is 7. The number of nitrogens with one attached hydrogen (secondary N) is 2. The lowest BCUT2D eigenvalue weighted by Crippen LogP contribution is -2.28. The topological polar surface area (TPSA) is 92.7 Å². The third kappa shape index (κ3) is 7.12. The predicted octanol–water partition coefficient (Wildman–Crippen LogP) is 7.07. The number of carbonyl (C=O) groups excluding carboxylic acids is 1. The molecular weight excluding hydrogens is 573 g/mol. The van der Waals surface area contributed by atoms with Crippen LogP contribution in [0.2, 0.25) is 0 Å². The van der Waals surface area contributed by atoms with Gasteiger partial charge in [0.25, 0.3) is 5.91 Å². The van der Waals surface area contributed by atoms with Crippen molar-refractivity contribution < 1.29 is 18.0 Å². The summed E-state index contributed by atoms with van der Waals surface area (Å²) in [6.45, 7) is 4.31. The highest BCUT2D eigenvalue weighted by Gasteiger charge is 2.40. The van der Waals surface area contributed by atoms with Crippen molar-refractivity contribution in [3.05, 3.63) is 119 Å². The number of pyridine rings is 3. The molecule has 11 heteroatoms. The number of carbonyl (C=O) groups is 1. The average Bonchev–Trinajstić information content (AvgIpc) is 3.49. The second-order valence-electron chi connectivity index (χ2n) is 9.87. The summed E-state index contributed by atoms with van der Waals surface area (Å²) in [6, 6.07) is 17.7. The molecule has 0 aliphatic carbocycles. The number of halogens is 3. The molecule has 5 rings (SSSR count). The first-order valence-electron chi connectivity index (χ1n) is 13.7. The van der Waals surface area contributed by atoms with E-state index in [1.54, 1.807) is 37.8 Å². The molecule has 2 N–H and O–H groups in total. The van der Waals surface area contributed by atoms with Crippen LogP contribution < -0.4 is 10.6 Å². The van der Waals surface area contributed by atoms with Gasteiger partial charge in [0.2, 0.25) is 0 Å². The van der Waals surface area contributed by atoms with E-state index in [9.17, 15) is 18.0 Å². The molecule has 0 spiro atoms. The van der Waals surface area contributed by atoms with Crippen molar-refractivity contribution in [2.45, 2.75) is 38.5 Å². The molecule has 0 radical (unpaired) electrons. The minimum absolute atomic E-state index is 0.0249. The van der Waals surface area contributed by atoms with E-state index in [1.165, 1.54) is 6.20 Å². The molecular formula is C32H29F3N6OS. The number of aromatic nitrogens is 4. The Balaban J connectivity index is 1.46. The van der Waals surface area contributed by atoms with Crippen LogP contribution in [0, 0.1) is 0 Å². The van der Waals surface area contributed by atoms with Gasteiger partial charge in [-0.3, -0.25) is 19.7 Å². The Morgan fingerprint density at radius 3 is 2.44 bits per heavy atom. The Labute approximate surface area is 251 Å². The fourth-order valence-electron chi connectivity index (χ4n) is 4.80. The van der Waals surface area contributed by atoms with Gasteiger partial charge in [-0.05, 0) is 78.0 Å². The molecule has 0 aliphatic heterocycles. The molecule has 4 heterocycles. The van der Waals surface area contributed by atoms with Crippen molar-refractivity contribution in [1.82, 2.24) is 30.6 Å². The normalized spacial score (nSPS) is 13.0. The first-order chi connectivity index (χ1) is 20.7.